The minimum absolute atomic E-state index is 0.110. The first-order chi connectivity index (χ1) is 19.0. The van der Waals surface area contributed by atoms with Gasteiger partial charge in [-0.1, -0.05) is 23.8 Å². The van der Waals surface area contributed by atoms with Crippen LogP contribution in [0.15, 0.2) is 70.8 Å². The van der Waals surface area contributed by atoms with E-state index in [4.69, 9.17) is 0 Å². The molecule has 0 radical (unpaired) electrons. The lowest BCUT2D eigenvalue weighted by Crippen LogP contribution is -2.39. The average molecular weight is 536 g/mol. The molecule has 7 heteroatoms. The number of hydrogen-bond acceptors (Lipinski definition) is 6. The van der Waals surface area contributed by atoms with Gasteiger partial charge in [0.05, 0.1) is 17.5 Å². The highest BCUT2D eigenvalue weighted by Crippen LogP contribution is 2.55. The molecule has 2 aromatic rings. The Kier molecular flexibility index (Phi) is 5.87. The molecule has 4 unspecified atom stereocenters. The molecule has 0 aromatic heterocycles. The van der Waals surface area contributed by atoms with Gasteiger partial charge >= 0.3 is 0 Å². The molecule has 1 saturated heterocycles. The number of anilines is 1. The van der Waals surface area contributed by atoms with Gasteiger partial charge in [0.25, 0.3) is 0 Å². The number of hydrogen-bond donors (Lipinski definition) is 1. The molecular weight excluding hydrogens is 506 g/mol. The summed E-state index contributed by atoms with van der Waals surface area (Å²) in [4.78, 5) is 67.4. The third-order valence-corrected chi connectivity index (χ3v) is 8.94. The predicted molar refractivity (Wildman–Crippen MR) is 148 cm³/mol. The van der Waals surface area contributed by atoms with Crippen molar-refractivity contribution in [3.8, 4) is 5.75 Å². The van der Waals surface area contributed by atoms with Crippen LogP contribution in [-0.4, -0.2) is 34.3 Å². The number of phenols is 1. The van der Waals surface area contributed by atoms with E-state index in [1.54, 1.807) is 45.0 Å². The van der Waals surface area contributed by atoms with Crippen molar-refractivity contribution >= 4 is 34.9 Å². The number of carbonyl (C=O) groups excluding carboxylic acids is 5. The predicted octanol–water partition coefficient (Wildman–Crippen LogP) is 4.85. The fraction of sp³-hybridized carbons (Fsp3) is 0.303. The number of allylic oxidation sites excluding steroid dienone is 6. The normalized spacial score (nSPS) is 25.9. The number of carbonyl (C=O) groups is 5. The molecule has 0 bridgehead atoms. The van der Waals surface area contributed by atoms with E-state index >= 15 is 0 Å². The van der Waals surface area contributed by atoms with Crippen molar-refractivity contribution in [1.29, 1.82) is 0 Å². The number of imide groups is 1. The zero-order valence-corrected chi connectivity index (χ0v) is 22.8. The van der Waals surface area contributed by atoms with Crippen LogP contribution in [0.1, 0.15) is 59.7 Å². The summed E-state index contributed by atoms with van der Waals surface area (Å²) >= 11 is 0. The van der Waals surface area contributed by atoms with E-state index in [2.05, 4.69) is 0 Å². The standard InChI is InChI=1S/C33H29NO6/c1-15-11-20(12-16(2)30(15)37)27-22-9-10-23-28(24(22)14-25-26(36)13-17(3)31(38)29(25)27)33(40)34(32(23)39)21-7-5-19(6-8-21)18(4)35/h5-9,11-13,23-24,27-28,37H,10,14H2,1-4H3. The summed E-state index contributed by atoms with van der Waals surface area (Å²) in [7, 11) is 0. The average Bonchev–Trinajstić information content (AvgIpc) is 3.18. The molecule has 2 aromatic carbocycles. The lowest BCUT2D eigenvalue weighted by molar-refractivity contribution is -0.123. The van der Waals surface area contributed by atoms with Crippen molar-refractivity contribution in [3.05, 3.63) is 93.1 Å². The van der Waals surface area contributed by atoms with Crippen molar-refractivity contribution in [2.45, 2.75) is 46.5 Å². The first-order valence-corrected chi connectivity index (χ1v) is 13.5. The van der Waals surface area contributed by atoms with E-state index in [1.807, 2.05) is 18.2 Å². The lowest BCUT2D eigenvalue weighted by atomic mass is 9.59. The Balaban J connectivity index is 1.47. The summed E-state index contributed by atoms with van der Waals surface area (Å²) in [5.74, 6) is -3.23. The van der Waals surface area contributed by atoms with E-state index in [-0.39, 0.29) is 41.3 Å². The number of amides is 2. The van der Waals surface area contributed by atoms with Gasteiger partial charge in [-0.05, 0) is 93.5 Å². The second-order valence-corrected chi connectivity index (χ2v) is 11.3. The quantitative estimate of drug-likeness (QED) is 0.261. The van der Waals surface area contributed by atoms with Crippen LogP contribution in [0.4, 0.5) is 5.69 Å². The first-order valence-electron chi connectivity index (χ1n) is 13.5. The topological polar surface area (TPSA) is 109 Å². The van der Waals surface area contributed by atoms with Gasteiger partial charge in [0.2, 0.25) is 11.8 Å². The summed E-state index contributed by atoms with van der Waals surface area (Å²) in [5, 5.41) is 10.4. The molecule has 1 heterocycles. The zero-order valence-electron chi connectivity index (χ0n) is 22.8. The van der Waals surface area contributed by atoms with E-state index in [0.29, 0.717) is 45.5 Å². The van der Waals surface area contributed by atoms with Crippen LogP contribution in [0.25, 0.3) is 0 Å². The van der Waals surface area contributed by atoms with Crippen LogP contribution in [0.3, 0.4) is 0 Å². The van der Waals surface area contributed by atoms with E-state index in [1.165, 1.54) is 17.9 Å². The van der Waals surface area contributed by atoms with Crippen LogP contribution in [-0.2, 0) is 19.2 Å². The number of aromatic hydroxyl groups is 1. The van der Waals surface area contributed by atoms with Gasteiger partial charge in [-0.25, -0.2) is 0 Å². The van der Waals surface area contributed by atoms with Gasteiger partial charge < -0.3 is 5.11 Å². The van der Waals surface area contributed by atoms with Gasteiger partial charge in [0, 0.05) is 28.2 Å². The second-order valence-electron chi connectivity index (χ2n) is 11.3. The highest BCUT2D eigenvalue weighted by Gasteiger charge is 2.56. The minimum Gasteiger partial charge on any atom is -0.507 e. The highest BCUT2D eigenvalue weighted by atomic mass is 16.3. The molecule has 6 rings (SSSR count). The van der Waals surface area contributed by atoms with Crippen LogP contribution in [0.2, 0.25) is 0 Å². The van der Waals surface area contributed by atoms with Gasteiger partial charge in [-0.15, -0.1) is 0 Å². The Morgan fingerprint density at radius 3 is 2.20 bits per heavy atom. The van der Waals surface area contributed by atoms with Crippen molar-refractivity contribution in [2.24, 2.45) is 17.8 Å². The third kappa shape index (κ3) is 3.68. The summed E-state index contributed by atoms with van der Waals surface area (Å²) in [6, 6.07) is 10.1. The highest BCUT2D eigenvalue weighted by molar-refractivity contribution is 6.25. The molecule has 3 aliphatic carbocycles. The van der Waals surface area contributed by atoms with Crippen molar-refractivity contribution in [1.82, 2.24) is 0 Å². The number of fused-ring (bicyclic) bond motifs is 3. The number of nitrogens with zero attached hydrogens (tertiary/aromatic N) is 1. The molecule has 40 heavy (non-hydrogen) atoms. The van der Waals surface area contributed by atoms with E-state index in [0.717, 1.165) is 11.1 Å². The molecule has 2 amide bonds. The van der Waals surface area contributed by atoms with E-state index in [9.17, 15) is 29.1 Å². The fourth-order valence-corrected chi connectivity index (χ4v) is 7.00. The van der Waals surface area contributed by atoms with Crippen LogP contribution in [0.5, 0.6) is 5.75 Å². The molecule has 202 valence electrons. The van der Waals surface area contributed by atoms with Gasteiger partial charge in [0.15, 0.2) is 17.3 Å². The Labute approximate surface area is 231 Å². The lowest BCUT2D eigenvalue weighted by Gasteiger charge is -2.42. The monoisotopic (exact) mass is 535 g/mol. The Hall–Kier alpha value is -4.39. The number of ketones is 3. The molecule has 1 N–H and O–H groups in total. The Bertz CT molecular complexity index is 1630. The molecule has 1 fully saturated rings. The third-order valence-electron chi connectivity index (χ3n) is 8.94. The smallest absolute Gasteiger partial charge is 0.238 e. The second kappa shape index (κ2) is 9.08. The van der Waals surface area contributed by atoms with Crippen molar-refractivity contribution in [2.75, 3.05) is 4.90 Å². The van der Waals surface area contributed by atoms with Gasteiger partial charge in [-0.2, -0.15) is 0 Å². The Morgan fingerprint density at radius 1 is 0.925 bits per heavy atom. The molecule has 4 atom stereocenters. The zero-order chi connectivity index (χ0) is 28.6. The fourth-order valence-electron chi connectivity index (χ4n) is 7.00. The summed E-state index contributed by atoms with van der Waals surface area (Å²) in [5.41, 5.74) is 5.07. The van der Waals surface area contributed by atoms with Crippen molar-refractivity contribution < 1.29 is 29.1 Å². The molecule has 1 aliphatic heterocycles. The number of benzene rings is 2. The summed E-state index contributed by atoms with van der Waals surface area (Å²) in [6.07, 6.45) is 3.90. The summed E-state index contributed by atoms with van der Waals surface area (Å²) < 4.78 is 0. The number of aryl methyl sites for hydroxylation is 2. The Morgan fingerprint density at radius 2 is 1.57 bits per heavy atom. The number of phenolic OH excluding ortho intramolecular Hbond substituents is 1. The maximum atomic E-state index is 14.0. The van der Waals surface area contributed by atoms with Crippen LogP contribution < -0.4 is 4.90 Å². The van der Waals surface area contributed by atoms with Crippen LogP contribution in [0, 0.1) is 31.6 Å². The SMILES string of the molecule is CC(=O)c1ccc(N2C(=O)C3CC=C4C(c5cc(C)c(O)c(C)c5)C5=C(CC4C3C2=O)C(=O)C=C(C)C5=O)cc1. The summed E-state index contributed by atoms with van der Waals surface area (Å²) in [6.45, 7) is 6.68. The van der Waals surface area contributed by atoms with E-state index < -0.39 is 23.7 Å². The number of rotatable bonds is 3. The maximum Gasteiger partial charge on any atom is 0.238 e. The minimum atomic E-state index is -0.675. The van der Waals surface area contributed by atoms with Crippen molar-refractivity contribution in [3.63, 3.8) is 0 Å². The van der Waals surface area contributed by atoms with Gasteiger partial charge in [-0.3, -0.25) is 28.9 Å². The molecule has 0 saturated carbocycles. The van der Waals surface area contributed by atoms with Gasteiger partial charge in [0.1, 0.15) is 5.75 Å². The number of Topliss-reactive ketones (excluding diaryl/α,β-unsaturated/α-hetero) is 2. The molecular formula is C33H29NO6. The molecule has 7 nitrogen and oxygen atoms in total. The largest absolute Gasteiger partial charge is 0.507 e. The molecule has 4 aliphatic rings. The molecule has 0 spiro atoms. The first kappa shape index (κ1) is 25.9. The van der Waals surface area contributed by atoms with Crippen LogP contribution >= 0.6 is 0 Å². The maximum absolute atomic E-state index is 14.0.